The van der Waals surface area contributed by atoms with Gasteiger partial charge in [-0.15, -0.1) is 0 Å². The molecule has 0 radical (unpaired) electrons. The van der Waals surface area contributed by atoms with Crippen LogP contribution in [0, 0.1) is 11.8 Å². The molecule has 18 heavy (non-hydrogen) atoms. The maximum atomic E-state index is 12.2. The molecule has 0 aromatic carbocycles. The van der Waals surface area contributed by atoms with Gasteiger partial charge in [0.05, 0.1) is 5.92 Å². The lowest BCUT2D eigenvalue weighted by Crippen LogP contribution is -2.45. The third kappa shape index (κ3) is 3.49. The smallest absolute Gasteiger partial charge is 0.309 e. The molecule has 0 amide bonds. The molecule has 0 aromatic heterocycles. The van der Waals surface area contributed by atoms with Gasteiger partial charge in [0.15, 0.2) is 0 Å². The van der Waals surface area contributed by atoms with Crippen LogP contribution in [0.5, 0.6) is 0 Å². The predicted octanol–water partition coefficient (Wildman–Crippen LogP) is 4.71. The molecular weight excluding hydrogens is 224 g/mol. The Balaban J connectivity index is 2.80. The van der Waals surface area contributed by atoms with Crippen molar-refractivity contribution in [2.45, 2.75) is 84.7 Å². The van der Waals surface area contributed by atoms with Crippen LogP contribution in [0.1, 0.15) is 79.1 Å². The summed E-state index contributed by atoms with van der Waals surface area (Å²) in [6, 6.07) is 0. The van der Waals surface area contributed by atoms with Crippen molar-refractivity contribution in [1.29, 1.82) is 0 Å². The van der Waals surface area contributed by atoms with Gasteiger partial charge in [0, 0.05) is 0 Å². The Morgan fingerprint density at radius 2 is 1.61 bits per heavy atom. The average molecular weight is 254 g/mol. The second kappa shape index (κ2) is 7.16. The summed E-state index contributed by atoms with van der Waals surface area (Å²) in [5, 5.41) is 0. The van der Waals surface area contributed by atoms with Crippen molar-refractivity contribution in [2.24, 2.45) is 11.8 Å². The minimum atomic E-state index is -0.151. The largest absolute Gasteiger partial charge is 0.459 e. The quantitative estimate of drug-likeness (QED) is 0.641. The summed E-state index contributed by atoms with van der Waals surface area (Å²) >= 11 is 0. The molecular formula is C16H30O2. The van der Waals surface area contributed by atoms with Gasteiger partial charge in [0.1, 0.15) is 5.60 Å². The van der Waals surface area contributed by atoms with Crippen LogP contribution in [0.15, 0.2) is 0 Å². The fourth-order valence-corrected chi connectivity index (χ4v) is 3.24. The predicted molar refractivity (Wildman–Crippen MR) is 75.4 cm³/mol. The first-order valence-electron chi connectivity index (χ1n) is 7.82. The van der Waals surface area contributed by atoms with Crippen LogP contribution >= 0.6 is 0 Å². The van der Waals surface area contributed by atoms with Crippen LogP contribution in [0.3, 0.4) is 0 Å². The summed E-state index contributed by atoms with van der Waals surface area (Å²) in [6.45, 7) is 8.48. The molecule has 1 unspecified atom stereocenters. The van der Waals surface area contributed by atoms with E-state index in [2.05, 4.69) is 20.8 Å². The summed E-state index contributed by atoms with van der Waals surface area (Å²) in [7, 11) is 0. The van der Waals surface area contributed by atoms with Crippen molar-refractivity contribution in [3.05, 3.63) is 0 Å². The number of rotatable bonds is 6. The normalized spacial score (nSPS) is 20.7. The van der Waals surface area contributed by atoms with Gasteiger partial charge in [0.2, 0.25) is 0 Å². The molecule has 2 nitrogen and oxygen atoms in total. The molecule has 0 aliphatic heterocycles. The zero-order valence-electron chi connectivity index (χ0n) is 12.6. The lowest BCUT2D eigenvalue weighted by Gasteiger charge is -2.43. The third-order valence-electron chi connectivity index (χ3n) is 4.75. The lowest BCUT2D eigenvalue weighted by molar-refractivity contribution is -0.176. The van der Waals surface area contributed by atoms with E-state index in [1.807, 2.05) is 6.92 Å². The van der Waals surface area contributed by atoms with E-state index in [-0.39, 0.29) is 17.5 Å². The summed E-state index contributed by atoms with van der Waals surface area (Å²) < 4.78 is 6.04. The fraction of sp³-hybridized carbons (Fsp3) is 0.938. The van der Waals surface area contributed by atoms with Gasteiger partial charge in [-0.25, -0.2) is 0 Å². The van der Waals surface area contributed by atoms with Gasteiger partial charge >= 0.3 is 5.97 Å². The molecule has 1 fully saturated rings. The first-order chi connectivity index (χ1) is 8.59. The first-order valence-corrected chi connectivity index (χ1v) is 7.82. The van der Waals surface area contributed by atoms with Gasteiger partial charge < -0.3 is 4.74 Å². The highest BCUT2D eigenvalue weighted by molar-refractivity contribution is 5.72. The minimum absolute atomic E-state index is 0.0197. The van der Waals surface area contributed by atoms with Gasteiger partial charge in [-0.2, -0.15) is 0 Å². The molecule has 1 atom stereocenters. The molecule has 1 aliphatic rings. The Labute approximate surface area is 112 Å². The number of ether oxygens (including phenoxy) is 1. The van der Waals surface area contributed by atoms with Gasteiger partial charge in [-0.1, -0.05) is 34.1 Å². The maximum Gasteiger partial charge on any atom is 0.309 e. The Bertz CT molecular complexity index is 250. The van der Waals surface area contributed by atoms with E-state index in [9.17, 15) is 4.79 Å². The summed E-state index contributed by atoms with van der Waals surface area (Å²) in [5.74, 6) is 0.593. The number of hydrogen-bond acceptors (Lipinski definition) is 2. The molecule has 0 bridgehead atoms. The lowest BCUT2D eigenvalue weighted by atomic mass is 9.73. The Morgan fingerprint density at radius 3 is 2.06 bits per heavy atom. The molecule has 0 heterocycles. The van der Waals surface area contributed by atoms with Crippen LogP contribution in [0.2, 0.25) is 0 Å². The van der Waals surface area contributed by atoms with E-state index < -0.39 is 0 Å². The Hall–Kier alpha value is -0.530. The Morgan fingerprint density at radius 1 is 1.06 bits per heavy atom. The standard InChI is InChI=1S/C16H30O2/c1-5-13(4)15(17)18-16(14(6-2)7-3)11-9-8-10-12-16/h13-14H,5-12H2,1-4H3. The molecule has 2 heteroatoms. The van der Waals surface area contributed by atoms with E-state index in [1.165, 1.54) is 19.3 Å². The van der Waals surface area contributed by atoms with E-state index in [0.29, 0.717) is 5.92 Å². The van der Waals surface area contributed by atoms with Crippen molar-refractivity contribution in [2.75, 3.05) is 0 Å². The highest BCUT2D eigenvalue weighted by atomic mass is 16.6. The molecule has 0 spiro atoms. The van der Waals surface area contributed by atoms with Crippen molar-refractivity contribution < 1.29 is 9.53 Å². The summed E-state index contributed by atoms with van der Waals surface area (Å²) in [5.41, 5.74) is -0.151. The number of carbonyl (C=O) groups is 1. The molecule has 1 rings (SSSR count). The molecule has 0 N–H and O–H groups in total. The van der Waals surface area contributed by atoms with E-state index in [1.54, 1.807) is 0 Å². The highest BCUT2D eigenvalue weighted by Crippen LogP contribution is 2.41. The van der Waals surface area contributed by atoms with E-state index >= 15 is 0 Å². The van der Waals surface area contributed by atoms with Crippen molar-refractivity contribution in [3.63, 3.8) is 0 Å². The van der Waals surface area contributed by atoms with Gasteiger partial charge in [0.25, 0.3) is 0 Å². The van der Waals surface area contributed by atoms with Gasteiger partial charge in [-0.05, 0) is 50.9 Å². The van der Waals surface area contributed by atoms with Gasteiger partial charge in [-0.3, -0.25) is 4.79 Å². The topological polar surface area (TPSA) is 26.3 Å². The fourth-order valence-electron chi connectivity index (χ4n) is 3.24. The van der Waals surface area contributed by atoms with Crippen LogP contribution < -0.4 is 0 Å². The van der Waals surface area contributed by atoms with Crippen LogP contribution in [-0.4, -0.2) is 11.6 Å². The first kappa shape index (κ1) is 15.5. The monoisotopic (exact) mass is 254 g/mol. The van der Waals surface area contributed by atoms with Crippen molar-refractivity contribution >= 4 is 5.97 Å². The van der Waals surface area contributed by atoms with Crippen LogP contribution in [-0.2, 0) is 9.53 Å². The van der Waals surface area contributed by atoms with Crippen LogP contribution in [0.25, 0.3) is 0 Å². The zero-order valence-corrected chi connectivity index (χ0v) is 12.6. The SMILES string of the molecule is CCC(C)C(=O)OC1(C(CC)CC)CCCCC1. The highest BCUT2D eigenvalue weighted by Gasteiger charge is 2.42. The molecule has 106 valence electrons. The molecule has 1 saturated carbocycles. The molecule has 1 aliphatic carbocycles. The summed E-state index contributed by atoms with van der Waals surface area (Å²) in [6.07, 6.45) is 8.97. The second-order valence-corrected chi connectivity index (χ2v) is 5.87. The Kier molecular flexibility index (Phi) is 6.17. The minimum Gasteiger partial charge on any atom is -0.459 e. The van der Waals surface area contributed by atoms with Crippen molar-refractivity contribution in [3.8, 4) is 0 Å². The van der Waals surface area contributed by atoms with E-state index in [4.69, 9.17) is 4.74 Å². The number of hydrogen-bond donors (Lipinski definition) is 0. The zero-order chi connectivity index (χ0) is 13.6. The van der Waals surface area contributed by atoms with Crippen LogP contribution in [0.4, 0.5) is 0 Å². The van der Waals surface area contributed by atoms with Crippen molar-refractivity contribution in [1.82, 2.24) is 0 Å². The number of esters is 1. The average Bonchev–Trinajstić information content (AvgIpc) is 2.40. The third-order valence-corrected chi connectivity index (χ3v) is 4.75. The maximum absolute atomic E-state index is 12.2. The molecule has 0 saturated heterocycles. The number of carbonyl (C=O) groups excluding carboxylic acids is 1. The van der Waals surface area contributed by atoms with E-state index in [0.717, 1.165) is 32.1 Å². The second-order valence-electron chi connectivity index (χ2n) is 5.87. The molecule has 0 aromatic rings. The summed E-state index contributed by atoms with van der Waals surface area (Å²) in [4.78, 5) is 12.2.